The summed E-state index contributed by atoms with van der Waals surface area (Å²) in [6, 6.07) is 6.77. The predicted molar refractivity (Wildman–Crippen MR) is 74.1 cm³/mol. The summed E-state index contributed by atoms with van der Waals surface area (Å²) in [5.41, 5.74) is 0.575. The molecule has 6 heteroatoms. The molecular weight excluding hydrogens is 266 g/mol. The lowest BCUT2D eigenvalue weighted by molar-refractivity contribution is -0.128. The van der Waals surface area contributed by atoms with Crippen LogP contribution in [0.25, 0.3) is 0 Å². The molecule has 0 aromatic heterocycles. The number of amides is 2. The molecule has 1 atom stereocenters. The maximum Gasteiger partial charge on any atom is 0.239 e. The molecule has 1 fully saturated rings. The lowest BCUT2D eigenvalue weighted by atomic mass is 10.2. The van der Waals surface area contributed by atoms with E-state index in [-0.39, 0.29) is 24.4 Å². The van der Waals surface area contributed by atoms with Crippen molar-refractivity contribution in [1.29, 1.82) is 0 Å². The Morgan fingerprint density at radius 2 is 2.21 bits per heavy atom. The van der Waals surface area contributed by atoms with Crippen LogP contribution >= 0.6 is 11.6 Å². The highest BCUT2D eigenvalue weighted by atomic mass is 35.5. The Balaban J connectivity index is 1.83. The van der Waals surface area contributed by atoms with Crippen LogP contribution in [0.1, 0.15) is 6.42 Å². The van der Waals surface area contributed by atoms with Gasteiger partial charge < -0.3 is 10.2 Å². The van der Waals surface area contributed by atoms with E-state index in [2.05, 4.69) is 10.6 Å². The van der Waals surface area contributed by atoms with Crippen molar-refractivity contribution in [1.82, 2.24) is 10.2 Å². The van der Waals surface area contributed by atoms with E-state index in [9.17, 15) is 9.59 Å². The topological polar surface area (TPSA) is 61.4 Å². The minimum atomic E-state index is -0.262. The Morgan fingerprint density at radius 1 is 1.47 bits per heavy atom. The van der Waals surface area contributed by atoms with Crippen LogP contribution in [-0.2, 0) is 9.59 Å². The van der Waals surface area contributed by atoms with Crippen molar-refractivity contribution < 1.29 is 9.59 Å². The predicted octanol–water partition coefficient (Wildman–Crippen LogP) is 1.10. The molecule has 0 aliphatic carbocycles. The van der Waals surface area contributed by atoms with Gasteiger partial charge in [-0.15, -0.1) is 0 Å². The molecule has 2 amide bonds. The van der Waals surface area contributed by atoms with Gasteiger partial charge in [-0.3, -0.25) is 14.9 Å². The number of carbonyl (C=O) groups is 2. The van der Waals surface area contributed by atoms with Gasteiger partial charge in [-0.05, 0) is 18.6 Å². The van der Waals surface area contributed by atoms with E-state index in [0.717, 1.165) is 13.0 Å². The van der Waals surface area contributed by atoms with Crippen LogP contribution in [0.15, 0.2) is 24.3 Å². The van der Waals surface area contributed by atoms with Gasteiger partial charge >= 0.3 is 0 Å². The summed E-state index contributed by atoms with van der Waals surface area (Å²) in [6.45, 7) is 0.818. The average Bonchev–Trinajstić information content (AvgIpc) is 2.70. The number of benzene rings is 1. The first-order valence-electron chi connectivity index (χ1n) is 6.10. The number of nitrogens with zero attached hydrogens (tertiary/aromatic N) is 1. The number of nitrogens with one attached hydrogen (secondary N) is 2. The normalized spacial score (nSPS) is 18.7. The lowest BCUT2D eigenvalue weighted by Crippen LogP contribution is -2.41. The number of halogens is 1. The second-order valence-corrected chi connectivity index (χ2v) is 4.92. The molecule has 5 nitrogen and oxygen atoms in total. The molecule has 1 aromatic carbocycles. The molecule has 1 saturated heterocycles. The average molecular weight is 282 g/mol. The maximum absolute atomic E-state index is 11.8. The number of hydrogen-bond donors (Lipinski definition) is 2. The van der Waals surface area contributed by atoms with Crippen molar-refractivity contribution in [3.05, 3.63) is 29.3 Å². The van der Waals surface area contributed by atoms with E-state index in [1.807, 2.05) is 0 Å². The summed E-state index contributed by atoms with van der Waals surface area (Å²) >= 11 is 5.94. The number of para-hydroxylation sites is 1. The van der Waals surface area contributed by atoms with Gasteiger partial charge in [0.25, 0.3) is 0 Å². The molecule has 2 rings (SSSR count). The number of hydrogen-bond acceptors (Lipinski definition) is 3. The van der Waals surface area contributed by atoms with E-state index in [1.54, 1.807) is 36.2 Å². The third-order valence-electron chi connectivity index (χ3n) is 3.08. The number of likely N-dealkylation sites (N-methyl/N-ethyl adjacent to an activating group) is 1. The summed E-state index contributed by atoms with van der Waals surface area (Å²) < 4.78 is 0. The number of anilines is 1. The summed E-state index contributed by atoms with van der Waals surface area (Å²) in [6.07, 6.45) is 0.731. The van der Waals surface area contributed by atoms with E-state index >= 15 is 0 Å². The summed E-state index contributed by atoms with van der Waals surface area (Å²) in [5, 5.41) is 6.15. The third-order valence-corrected chi connectivity index (χ3v) is 3.41. The van der Waals surface area contributed by atoms with Crippen LogP contribution in [0.5, 0.6) is 0 Å². The zero-order valence-electron chi connectivity index (χ0n) is 10.6. The molecule has 0 spiro atoms. The molecular formula is C13H16ClN3O2. The standard InChI is InChI=1S/C13H16ClN3O2/c1-17-7-6-11(13(17)19)15-8-12(18)16-10-5-3-2-4-9(10)14/h2-5,11,15H,6-8H2,1H3,(H,16,18). The third kappa shape index (κ3) is 3.45. The summed E-state index contributed by atoms with van der Waals surface area (Å²) in [4.78, 5) is 25.0. The van der Waals surface area contributed by atoms with Gasteiger partial charge in [0.1, 0.15) is 0 Å². The van der Waals surface area contributed by atoms with Gasteiger partial charge in [0, 0.05) is 13.6 Å². The van der Waals surface area contributed by atoms with Gasteiger partial charge in [0.15, 0.2) is 0 Å². The van der Waals surface area contributed by atoms with Gasteiger partial charge in [0.05, 0.1) is 23.3 Å². The number of carbonyl (C=O) groups excluding carboxylic acids is 2. The first-order chi connectivity index (χ1) is 9.08. The van der Waals surface area contributed by atoms with Gasteiger partial charge in [-0.2, -0.15) is 0 Å². The largest absolute Gasteiger partial charge is 0.344 e. The van der Waals surface area contributed by atoms with Crippen LogP contribution in [-0.4, -0.2) is 42.9 Å². The first kappa shape index (κ1) is 13.8. The summed E-state index contributed by atoms with van der Waals surface area (Å²) in [7, 11) is 1.76. The molecule has 0 bridgehead atoms. The highest BCUT2D eigenvalue weighted by Crippen LogP contribution is 2.20. The Kier molecular flexibility index (Phi) is 4.39. The van der Waals surface area contributed by atoms with E-state index in [1.165, 1.54) is 0 Å². The molecule has 19 heavy (non-hydrogen) atoms. The molecule has 0 radical (unpaired) electrons. The van der Waals surface area contributed by atoms with E-state index in [0.29, 0.717) is 10.7 Å². The second kappa shape index (κ2) is 6.04. The Morgan fingerprint density at radius 3 is 2.84 bits per heavy atom. The summed E-state index contributed by atoms with van der Waals surface area (Å²) in [5.74, 6) is -0.180. The van der Waals surface area contributed by atoms with Crippen molar-refractivity contribution in [2.24, 2.45) is 0 Å². The van der Waals surface area contributed by atoms with Crippen molar-refractivity contribution in [3.63, 3.8) is 0 Å². The fourth-order valence-corrected chi connectivity index (χ4v) is 2.17. The molecule has 0 saturated carbocycles. The molecule has 2 N–H and O–H groups in total. The van der Waals surface area contributed by atoms with Gasteiger partial charge in [-0.1, -0.05) is 23.7 Å². The number of likely N-dealkylation sites (tertiary alicyclic amines) is 1. The molecule has 1 heterocycles. The smallest absolute Gasteiger partial charge is 0.239 e. The minimum Gasteiger partial charge on any atom is -0.344 e. The van der Waals surface area contributed by atoms with Crippen molar-refractivity contribution in [2.45, 2.75) is 12.5 Å². The molecule has 1 unspecified atom stereocenters. The van der Waals surface area contributed by atoms with Crippen molar-refractivity contribution in [3.8, 4) is 0 Å². The van der Waals surface area contributed by atoms with Crippen molar-refractivity contribution in [2.75, 3.05) is 25.5 Å². The highest BCUT2D eigenvalue weighted by molar-refractivity contribution is 6.33. The SMILES string of the molecule is CN1CCC(NCC(=O)Nc2ccccc2Cl)C1=O. The van der Waals surface area contributed by atoms with E-state index < -0.39 is 0 Å². The Hall–Kier alpha value is -1.59. The van der Waals surface area contributed by atoms with Crippen LogP contribution < -0.4 is 10.6 Å². The molecule has 1 aromatic rings. The highest BCUT2D eigenvalue weighted by Gasteiger charge is 2.28. The molecule has 1 aliphatic heterocycles. The van der Waals surface area contributed by atoms with Crippen LogP contribution in [0.4, 0.5) is 5.69 Å². The maximum atomic E-state index is 11.8. The molecule has 102 valence electrons. The zero-order chi connectivity index (χ0) is 13.8. The Bertz CT molecular complexity index is 493. The van der Waals surface area contributed by atoms with Crippen LogP contribution in [0, 0.1) is 0 Å². The monoisotopic (exact) mass is 281 g/mol. The van der Waals surface area contributed by atoms with Gasteiger partial charge in [0.2, 0.25) is 11.8 Å². The lowest BCUT2D eigenvalue weighted by Gasteiger charge is -2.12. The fraction of sp³-hybridized carbons (Fsp3) is 0.385. The van der Waals surface area contributed by atoms with Gasteiger partial charge in [-0.25, -0.2) is 0 Å². The fourth-order valence-electron chi connectivity index (χ4n) is 1.98. The van der Waals surface area contributed by atoms with E-state index in [4.69, 9.17) is 11.6 Å². The second-order valence-electron chi connectivity index (χ2n) is 4.51. The number of rotatable bonds is 4. The van der Waals surface area contributed by atoms with Crippen molar-refractivity contribution >= 4 is 29.1 Å². The van der Waals surface area contributed by atoms with Crippen LogP contribution in [0.3, 0.4) is 0 Å². The Labute approximate surface area is 116 Å². The zero-order valence-corrected chi connectivity index (χ0v) is 11.4. The molecule has 1 aliphatic rings. The quantitative estimate of drug-likeness (QED) is 0.869. The first-order valence-corrected chi connectivity index (χ1v) is 6.48. The van der Waals surface area contributed by atoms with Crippen LogP contribution in [0.2, 0.25) is 5.02 Å². The minimum absolute atomic E-state index is 0.0329.